The number of nitrogens with zero attached hydrogens (tertiary/aromatic N) is 3. The number of rotatable bonds is 2. The van der Waals surface area contributed by atoms with Gasteiger partial charge in [-0.05, 0) is 28.1 Å². The molecule has 84 valence electrons. The highest BCUT2D eigenvalue weighted by Crippen LogP contribution is 2.32. The normalized spacial score (nSPS) is 10.8. The smallest absolute Gasteiger partial charge is 0.165 e. The molecule has 16 heavy (non-hydrogen) atoms. The van der Waals surface area contributed by atoms with E-state index in [1.807, 2.05) is 29.8 Å². The summed E-state index contributed by atoms with van der Waals surface area (Å²) in [5.74, 6) is 1.44. The largest absolute Gasteiger partial charge is 0.324 e. The number of nitrogens with two attached hydrogens (primary N) is 1. The second kappa shape index (κ2) is 4.53. The van der Waals surface area contributed by atoms with Crippen molar-refractivity contribution >= 4 is 27.5 Å². The van der Waals surface area contributed by atoms with Crippen molar-refractivity contribution in [2.45, 2.75) is 6.54 Å². The van der Waals surface area contributed by atoms with Crippen LogP contribution in [-0.2, 0) is 13.6 Å². The second-order valence-electron chi connectivity index (χ2n) is 3.30. The van der Waals surface area contributed by atoms with Crippen LogP contribution in [-0.4, -0.2) is 14.8 Å². The van der Waals surface area contributed by atoms with Crippen molar-refractivity contribution in [1.29, 1.82) is 0 Å². The molecular formula is C10H10BrClN4. The second-order valence-corrected chi connectivity index (χ2v) is 4.54. The highest BCUT2D eigenvalue weighted by molar-refractivity contribution is 9.10. The lowest BCUT2D eigenvalue weighted by Crippen LogP contribution is -2.05. The van der Waals surface area contributed by atoms with Gasteiger partial charge in [0.1, 0.15) is 5.82 Å². The summed E-state index contributed by atoms with van der Waals surface area (Å²) in [6.45, 7) is 0.356. The molecule has 6 heteroatoms. The molecule has 2 N–H and O–H groups in total. The Morgan fingerprint density at radius 3 is 2.81 bits per heavy atom. The van der Waals surface area contributed by atoms with Gasteiger partial charge in [0.05, 0.1) is 11.6 Å². The van der Waals surface area contributed by atoms with Crippen molar-refractivity contribution in [2.24, 2.45) is 12.8 Å². The number of aromatic nitrogens is 3. The Kier molecular flexibility index (Phi) is 3.28. The van der Waals surface area contributed by atoms with E-state index in [9.17, 15) is 0 Å². The van der Waals surface area contributed by atoms with E-state index in [1.54, 1.807) is 0 Å². The van der Waals surface area contributed by atoms with Gasteiger partial charge in [0.2, 0.25) is 0 Å². The summed E-state index contributed by atoms with van der Waals surface area (Å²) in [6.07, 6.45) is 0. The molecule has 1 aromatic heterocycles. The predicted octanol–water partition coefficient (Wildman–Crippen LogP) is 2.36. The van der Waals surface area contributed by atoms with Gasteiger partial charge in [-0.15, -0.1) is 10.2 Å². The molecule has 0 atom stereocenters. The van der Waals surface area contributed by atoms with E-state index in [1.165, 1.54) is 0 Å². The topological polar surface area (TPSA) is 56.7 Å². The zero-order valence-electron chi connectivity index (χ0n) is 8.61. The maximum atomic E-state index is 6.19. The van der Waals surface area contributed by atoms with Crippen LogP contribution in [0.1, 0.15) is 5.82 Å². The van der Waals surface area contributed by atoms with E-state index in [4.69, 9.17) is 17.3 Å². The molecule has 0 radical (unpaired) electrons. The van der Waals surface area contributed by atoms with Gasteiger partial charge < -0.3 is 10.3 Å². The van der Waals surface area contributed by atoms with Gasteiger partial charge in [-0.3, -0.25) is 0 Å². The average molecular weight is 302 g/mol. The van der Waals surface area contributed by atoms with Crippen LogP contribution in [0.5, 0.6) is 0 Å². The van der Waals surface area contributed by atoms with Crippen LogP contribution in [0, 0.1) is 0 Å². The SMILES string of the molecule is Cn1c(CN)nnc1-c1cccc(Br)c1Cl. The first kappa shape index (κ1) is 11.6. The van der Waals surface area contributed by atoms with E-state index in [0.29, 0.717) is 17.4 Å². The fourth-order valence-corrected chi connectivity index (χ4v) is 2.03. The van der Waals surface area contributed by atoms with Gasteiger partial charge >= 0.3 is 0 Å². The Morgan fingerprint density at radius 1 is 1.44 bits per heavy atom. The summed E-state index contributed by atoms with van der Waals surface area (Å²) in [5, 5.41) is 8.71. The minimum absolute atomic E-state index is 0.356. The molecule has 0 spiro atoms. The van der Waals surface area contributed by atoms with Crippen molar-refractivity contribution in [1.82, 2.24) is 14.8 Å². The van der Waals surface area contributed by atoms with Crippen LogP contribution in [0.4, 0.5) is 0 Å². The molecule has 1 heterocycles. The Hall–Kier alpha value is -0.910. The van der Waals surface area contributed by atoms with Crippen molar-refractivity contribution in [3.8, 4) is 11.4 Å². The molecule has 0 aliphatic rings. The molecular weight excluding hydrogens is 291 g/mol. The zero-order valence-corrected chi connectivity index (χ0v) is 11.0. The minimum Gasteiger partial charge on any atom is -0.324 e. The van der Waals surface area contributed by atoms with Crippen LogP contribution >= 0.6 is 27.5 Å². The van der Waals surface area contributed by atoms with Crippen LogP contribution in [0.15, 0.2) is 22.7 Å². The van der Waals surface area contributed by atoms with Gasteiger partial charge in [-0.25, -0.2) is 0 Å². The Morgan fingerprint density at radius 2 is 2.19 bits per heavy atom. The average Bonchev–Trinajstić information content (AvgIpc) is 2.64. The summed E-state index contributed by atoms with van der Waals surface area (Å²) >= 11 is 9.57. The van der Waals surface area contributed by atoms with Gasteiger partial charge in [0.25, 0.3) is 0 Å². The molecule has 0 saturated carbocycles. The zero-order chi connectivity index (χ0) is 11.7. The van der Waals surface area contributed by atoms with E-state index >= 15 is 0 Å². The molecule has 0 unspecified atom stereocenters. The van der Waals surface area contributed by atoms with E-state index in [0.717, 1.165) is 15.9 Å². The van der Waals surface area contributed by atoms with Gasteiger partial charge in [-0.1, -0.05) is 17.7 Å². The molecule has 0 aliphatic heterocycles. The molecule has 2 rings (SSSR count). The summed E-state index contributed by atoms with van der Waals surface area (Å²) in [7, 11) is 1.87. The first-order valence-corrected chi connectivity index (χ1v) is 5.85. The molecule has 4 nitrogen and oxygen atoms in total. The van der Waals surface area contributed by atoms with E-state index in [2.05, 4.69) is 26.1 Å². The number of benzene rings is 1. The molecule has 0 bridgehead atoms. The highest BCUT2D eigenvalue weighted by atomic mass is 79.9. The van der Waals surface area contributed by atoms with Gasteiger partial charge in [0, 0.05) is 17.1 Å². The molecule has 0 aliphatic carbocycles. The van der Waals surface area contributed by atoms with Crippen LogP contribution in [0.3, 0.4) is 0 Å². The summed E-state index contributed by atoms with van der Waals surface area (Å²) in [4.78, 5) is 0. The van der Waals surface area contributed by atoms with Crippen molar-refractivity contribution in [2.75, 3.05) is 0 Å². The Labute approximate surface area is 107 Å². The highest BCUT2D eigenvalue weighted by Gasteiger charge is 2.13. The maximum Gasteiger partial charge on any atom is 0.165 e. The third-order valence-electron chi connectivity index (χ3n) is 2.34. The van der Waals surface area contributed by atoms with Crippen molar-refractivity contribution in [3.63, 3.8) is 0 Å². The van der Waals surface area contributed by atoms with E-state index < -0.39 is 0 Å². The standard InChI is InChI=1S/C10H10BrClN4/c1-16-8(5-13)14-15-10(16)6-3-2-4-7(11)9(6)12/h2-4H,5,13H2,1H3. The lowest BCUT2D eigenvalue weighted by Gasteiger charge is -2.05. The summed E-state index contributed by atoms with van der Waals surface area (Å²) in [5.41, 5.74) is 6.38. The lowest BCUT2D eigenvalue weighted by atomic mass is 10.2. The molecule has 0 saturated heterocycles. The Balaban J connectivity index is 2.59. The van der Waals surface area contributed by atoms with Crippen LogP contribution < -0.4 is 5.73 Å². The number of hydrogen-bond acceptors (Lipinski definition) is 3. The fourth-order valence-electron chi connectivity index (χ4n) is 1.45. The maximum absolute atomic E-state index is 6.19. The first-order chi connectivity index (χ1) is 7.65. The van der Waals surface area contributed by atoms with Gasteiger partial charge in [0.15, 0.2) is 5.82 Å². The van der Waals surface area contributed by atoms with Crippen molar-refractivity contribution < 1.29 is 0 Å². The van der Waals surface area contributed by atoms with Crippen molar-refractivity contribution in [3.05, 3.63) is 33.5 Å². The third kappa shape index (κ3) is 1.86. The molecule has 0 fully saturated rings. The molecule has 0 amide bonds. The fraction of sp³-hybridized carbons (Fsp3) is 0.200. The van der Waals surface area contributed by atoms with Crippen LogP contribution in [0.2, 0.25) is 5.02 Å². The lowest BCUT2D eigenvalue weighted by molar-refractivity contribution is 0.797. The molecule has 2 aromatic rings. The predicted molar refractivity (Wildman–Crippen MR) is 67.0 cm³/mol. The quantitative estimate of drug-likeness (QED) is 0.926. The summed E-state index contributed by atoms with van der Waals surface area (Å²) < 4.78 is 2.68. The van der Waals surface area contributed by atoms with E-state index in [-0.39, 0.29) is 0 Å². The van der Waals surface area contributed by atoms with Gasteiger partial charge in [-0.2, -0.15) is 0 Å². The minimum atomic E-state index is 0.356. The monoisotopic (exact) mass is 300 g/mol. The number of hydrogen-bond donors (Lipinski definition) is 1. The Bertz CT molecular complexity index is 524. The van der Waals surface area contributed by atoms with Crippen LogP contribution in [0.25, 0.3) is 11.4 Å². The first-order valence-electron chi connectivity index (χ1n) is 4.68. The summed E-state index contributed by atoms with van der Waals surface area (Å²) in [6, 6.07) is 5.69. The third-order valence-corrected chi connectivity index (χ3v) is 3.64. The molecule has 1 aromatic carbocycles. The number of halogens is 2.